The molecule has 0 spiro atoms. The zero-order chi connectivity index (χ0) is 16.3. The number of carbonyl (C=O) groups excluding carboxylic acids is 1. The lowest BCUT2D eigenvalue weighted by atomic mass is 10.1. The number of unbranched alkanes of at least 4 members (excludes halogenated alkanes) is 13. The fourth-order valence-electron chi connectivity index (χ4n) is 2.82. The van der Waals surface area contributed by atoms with Gasteiger partial charge in [-0.1, -0.05) is 97.3 Å². The van der Waals surface area contributed by atoms with E-state index in [-0.39, 0.29) is 5.91 Å². The molecule has 0 aromatic heterocycles. The summed E-state index contributed by atoms with van der Waals surface area (Å²) in [5.41, 5.74) is 0. The standard InChI is InChI=1S/C20H41NO/c1-3-5-7-9-10-11-12-13-14-15-17-19-21-20(22)18-16-8-6-4-2/h3-19H2,1-2H3,(H,21,22). The first-order valence-corrected chi connectivity index (χ1v) is 10.1. The molecular weight excluding hydrogens is 270 g/mol. The average Bonchev–Trinajstić information content (AvgIpc) is 2.52. The first-order valence-electron chi connectivity index (χ1n) is 10.1. The topological polar surface area (TPSA) is 29.1 Å². The predicted molar refractivity (Wildman–Crippen MR) is 98.2 cm³/mol. The molecule has 0 fully saturated rings. The minimum Gasteiger partial charge on any atom is -0.356 e. The number of nitrogens with one attached hydrogen (secondary N) is 1. The smallest absolute Gasteiger partial charge is 0.219 e. The molecule has 1 N–H and O–H groups in total. The van der Waals surface area contributed by atoms with Crippen molar-refractivity contribution in [2.24, 2.45) is 0 Å². The van der Waals surface area contributed by atoms with Crippen LogP contribution in [0, 0.1) is 0 Å². The van der Waals surface area contributed by atoms with Crippen LogP contribution < -0.4 is 5.32 Å². The fourth-order valence-corrected chi connectivity index (χ4v) is 2.82. The van der Waals surface area contributed by atoms with Crippen molar-refractivity contribution in [3.8, 4) is 0 Å². The Morgan fingerprint density at radius 2 is 1.00 bits per heavy atom. The first-order chi connectivity index (χ1) is 10.8. The molecule has 0 aromatic rings. The molecule has 0 saturated carbocycles. The minimum absolute atomic E-state index is 0.253. The maximum atomic E-state index is 11.6. The predicted octanol–water partition coefficient (Wildman–Crippen LogP) is 6.38. The van der Waals surface area contributed by atoms with E-state index < -0.39 is 0 Å². The molecule has 0 aliphatic rings. The summed E-state index contributed by atoms with van der Waals surface area (Å²) in [5.74, 6) is 0.253. The fraction of sp³-hybridized carbons (Fsp3) is 0.950. The van der Waals surface area contributed by atoms with E-state index in [1.165, 1.54) is 83.5 Å². The summed E-state index contributed by atoms with van der Waals surface area (Å²) in [7, 11) is 0. The molecule has 132 valence electrons. The Kier molecular flexibility index (Phi) is 18.1. The molecule has 0 bridgehead atoms. The Hall–Kier alpha value is -0.530. The number of amides is 1. The van der Waals surface area contributed by atoms with Gasteiger partial charge in [-0.3, -0.25) is 4.79 Å². The number of carbonyl (C=O) groups is 1. The van der Waals surface area contributed by atoms with Gasteiger partial charge in [-0.2, -0.15) is 0 Å². The lowest BCUT2D eigenvalue weighted by molar-refractivity contribution is -0.121. The van der Waals surface area contributed by atoms with E-state index in [1.807, 2.05) is 0 Å². The highest BCUT2D eigenvalue weighted by Gasteiger charge is 2.00. The molecule has 0 saturated heterocycles. The molecule has 0 heterocycles. The van der Waals surface area contributed by atoms with Crippen molar-refractivity contribution in [2.75, 3.05) is 6.54 Å². The van der Waals surface area contributed by atoms with Crippen molar-refractivity contribution in [2.45, 2.75) is 117 Å². The van der Waals surface area contributed by atoms with Gasteiger partial charge in [0.1, 0.15) is 0 Å². The summed E-state index contributed by atoms with van der Waals surface area (Å²) >= 11 is 0. The van der Waals surface area contributed by atoms with E-state index >= 15 is 0 Å². The monoisotopic (exact) mass is 311 g/mol. The molecule has 22 heavy (non-hydrogen) atoms. The van der Waals surface area contributed by atoms with Crippen LogP contribution >= 0.6 is 0 Å². The molecule has 1 amide bonds. The third-order valence-electron chi connectivity index (χ3n) is 4.36. The van der Waals surface area contributed by atoms with Crippen LogP contribution in [0.1, 0.15) is 117 Å². The van der Waals surface area contributed by atoms with Crippen LogP contribution in [-0.2, 0) is 4.79 Å². The first kappa shape index (κ1) is 21.5. The Bertz CT molecular complexity index is 228. The maximum absolute atomic E-state index is 11.6. The van der Waals surface area contributed by atoms with Gasteiger partial charge in [0.2, 0.25) is 5.91 Å². The van der Waals surface area contributed by atoms with Crippen molar-refractivity contribution < 1.29 is 4.79 Å². The van der Waals surface area contributed by atoms with E-state index in [4.69, 9.17) is 0 Å². The Balaban J connectivity index is 3.08. The van der Waals surface area contributed by atoms with Crippen molar-refractivity contribution in [1.29, 1.82) is 0 Å². The van der Waals surface area contributed by atoms with E-state index in [0.717, 1.165) is 25.8 Å². The molecule has 0 radical (unpaired) electrons. The van der Waals surface area contributed by atoms with Gasteiger partial charge in [-0.05, 0) is 12.8 Å². The van der Waals surface area contributed by atoms with Gasteiger partial charge in [-0.15, -0.1) is 0 Å². The molecular formula is C20H41NO. The van der Waals surface area contributed by atoms with Gasteiger partial charge >= 0.3 is 0 Å². The van der Waals surface area contributed by atoms with Crippen LogP contribution in [0.15, 0.2) is 0 Å². The molecule has 0 aromatic carbocycles. The summed E-state index contributed by atoms with van der Waals surface area (Å²) in [6, 6.07) is 0. The average molecular weight is 312 g/mol. The van der Waals surface area contributed by atoms with E-state index in [1.54, 1.807) is 0 Å². The van der Waals surface area contributed by atoms with Crippen molar-refractivity contribution in [3.05, 3.63) is 0 Å². The molecule has 0 unspecified atom stereocenters. The van der Waals surface area contributed by atoms with Crippen LogP contribution in [0.5, 0.6) is 0 Å². The largest absolute Gasteiger partial charge is 0.356 e. The summed E-state index contributed by atoms with van der Waals surface area (Å²) in [6.07, 6.45) is 20.4. The zero-order valence-corrected chi connectivity index (χ0v) is 15.4. The molecule has 0 rings (SSSR count). The molecule has 0 atom stereocenters. The van der Waals surface area contributed by atoms with E-state index in [0.29, 0.717) is 0 Å². The van der Waals surface area contributed by atoms with Crippen LogP contribution in [0.25, 0.3) is 0 Å². The summed E-state index contributed by atoms with van der Waals surface area (Å²) in [6.45, 7) is 5.35. The second-order valence-corrected chi connectivity index (χ2v) is 6.70. The molecule has 0 aliphatic carbocycles. The summed E-state index contributed by atoms with van der Waals surface area (Å²) < 4.78 is 0. The van der Waals surface area contributed by atoms with E-state index in [2.05, 4.69) is 19.2 Å². The SMILES string of the molecule is CCCCCCCCCCCCCNC(=O)CCCCCC. The third-order valence-corrected chi connectivity index (χ3v) is 4.36. The quantitative estimate of drug-likeness (QED) is 0.310. The minimum atomic E-state index is 0.253. The number of rotatable bonds is 17. The van der Waals surface area contributed by atoms with Crippen LogP contribution in [-0.4, -0.2) is 12.5 Å². The van der Waals surface area contributed by atoms with Crippen molar-refractivity contribution in [3.63, 3.8) is 0 Å². The molecule has 2 nitrogen and oxygen atoms in total. The Morgan fingerprint density at radius 1 is 0.591 bits per heavy atom. The lowest BCUT2D eigenvalue weighted by Crippen LogP contribution is -2.23. The summed E-state index contributed by atoms with van der Waals surface area (Å²) in [5, 5.41) is 3.05. The van der Waals surface area contributed by atoms with Crippen LogP contribution in [0.3, 0.4) is 0 Å². The second kappa shape index (κ2) is 18.5. The van der Waals surface area contributed by atoms with Gasteiger partial charge in [0, 0.05) is 13.0 Å². The summed E-state index contributed by atoms with van der Waals surface area (Å²) in [4.78, 5) is 11.6. The number of hydrogen-bond donors (Lipinski definition) is 1. The van der Waals surface area contributed by atoms with Crippen LogP contribution in [0.2, 0.25) is 0 Å². The Morgan fingerprint density at radius 3 is 1.50 bits per heavy atom. The highest BCUT2D eigenvalue weighted by atomic mass is 16.1. The lowest BCUT2D eigenvalue weighted by Gasteiger charge is -2.05. The van der Waals surface area contributed by atoms with Gasteiger partial charge < -0.3 is 5.32 Å². The highest BCUT2D eigenvalue weighted by molar-refractivity contribution is 5.75. The van der Waals surface area contributed by atoms with Gasteiger partial charge in [-0.25, -0.2) is 0 Å². The second-order valence-electron chi connectivity index (χ2n) is 6.70. The van der Waals surface area contributed by atoms with Gasteiger partial charge in [0.15, 0.2) is 0 Å². The number of hydrogen-bond acceptors (Lipinski definition) is 1. The highest BCUT2D eigenvalue weighted by Crippen LogP contribution is 2.11. The third kappa shape index (κ3) is 17.5. The Labute approximate surface area is 139 Å². The van der Waals surface area contributed by atoms with Crippen molar-refractivity contribution in [1.82, 2.24) is 5.32 Å². The van der Waals surface area contributed by atoms with Crippen LogP contribution in [0.4, 0.5) is 0 Å². The molecule has 2 heteroatoms. The van der Waals surface area contributed by atoms with Gasteiger partial charge in [0.05, 0.1) is 0 Å². The zero-order valence-electron chi connectivity index (χ0n) is 15.4. The van der Waals surface area contributed by atoms with Gasteiger partial charge in [0.25, 0.3) is 0 Å². The maximum Gasteiger partial charge on any atom is 0.219 e. The molecule has 0 aliphatic heterocycles. The van der Waals surface area contributed by atoms with Crippen molar-refractivity contribution >= 4 is 5.91 Å². The normalized spacial score (nSPS) is 10.8. The van der Waals surface area contributed by atoms with E-state index in [9.17, 15) is 4.79 Å².